The molecule has 0 saturated carbocycles. The predicted molar refractivity (Wildman–Crippen MR) is 62.5 cm³/mol. The average molecular weight is 219 g/mol. The molecule has 2 aromatic rings. The Morgan fingerprint density at radius 2 is 2.00 bits per heavy atom. The smallest absolute Gasteiger partial charge is 0.146 e. The van der Waals surface area contributed by atoms with Crippen LogP contribution in [0.2, 0.25) is 0 Å². The fourth-order valence-corrected chi connectivity index (χ4v) is 1.92. The van der Waals surface area contributed by atoms with E-state index < -0.39 is 0 Å². The van der Waals surface area contributed by atoms with Crippen molar-refractivity contribution in [2.24, 2.45) is 7.05 Å². The fourth-order valence-electron chi connectivity index (χ4n) is 1.92. The quantitative estimate of drug-likeness (QED) is 0.748. The van der Waals surface area contributed by atoms with E-state index in [1.54, 1.807) is 10.7 Å². The van der Waals surface area contributed by atoms with Crippen LogP contribution in [-0.2, 0) is 7.05 Å². The molecular weight excluding hydrogens is 205 g/mol. The van der Waals surface area contributed by atoms with Crippen LogP contribution in [0.4, 0.5) is 10.1 Å². The molecule has 1 aromatic carbocycles. The Bertz CT molecular complexity index is 543. The summed E-state index contributed by atoms with van der Waals surface area (Å²) < 4.78 is 15.2. The average Bonchev–Trinajstić information content (AvgIpc) is 2.47. The molecule has 1 heterocycles. The van der Waals surface area contributed by atoms with Crippen LogP contribution in [-0.4, -0.2) is 9.78 Å². The second-order valence-corrected chi connectivity index (χ2v) is 3.87. The van der Waals surface area contributed by atoms with Crippen molar-refractivity contribution >= 4 is 5.69 Å². The molecule has 3 nitrogen and oxygen atoms in total. The summed E-state index contributed by atoms with van der Waals surface area (Å²) in [7, 11) is 1.86. The van der Waals surface area contributed by atoms with E-state index >= 15 is 0 Å². The molecule has 0 spiro atoms. The molecule has 2 rings (SSSR count). The highest BCUT2D eigenvalue weighted by molar-refractivity contribution is 5.79. The Morgan fingerprint density at radius 1 is 1.31 bits per heavy atom. The van der Waals surface area contributed by atoms with Crippen molar-refractivity contribution in [1.82, 2.24) is 9.78 Å². The van der Waals surface area contributed by atoms with Crippen LogP contribution >= 0.6 is 0 Å². The summed E-state index contributed by atoms with van der Waals surface area (Å²) >= 11 is 0. The van der Waals surface area contributed by atoms with Crippen LogP contribution < -0.4 is 5.73 Å². The predicted octanol–water partition coefficient (Wildman–Crippen LogP) is 2.43. The third kappa shape index (κ3) is 1.46. The van der Waals surface area contributed by atoms with E-state index in [4.69, 9.17) is 5.73 Å². The molecule has 0 bridgehead atoms. The number of rotatable bonds is 1. The van der Waals surface area contributed by atoms with Crippen LogP contribution in [0.3, 0.4) is 0 Å². The minimum absolute atomic E-state index is 0.182. The zero-order valence-corrected chi connectivity index (χ0v) is 9.58. The fraction of sp³-hybridized carbons (Fsp3) is 0.250. The highest BCUT2D eigenvalue weighted by Crippen LogP contribution is 2.32. The van der Waals surface area contributed by atoms with Crippen LogP contribution in [0.15, 0.2) is 18.2 Å². The van der Waals surface area contributed by atoms with Gasteiger partial charge in [-0.15, -0.1) is 0 Å². The molecule has 0 aliphatic heterocycles. The van der Waals surface area contributed by atoms with E-state index in [2.05, 4.69) is 5.10 Å². The van der Waals surface area contributed by atoms with E-state index in [0.717, 1.165) is 17.0 Å². The lowest BCUT2D eigenvalue weighted by Crippen LogP contribution is -1.96. The minimum atomic E-state index is -0.389. The standard InChI is InChI=1S/C12H14FN3/c1-7-11(8(2)16(3)15-7)9-5-4-6-10(13)12(9)14/h4-6H,14H2,1-3H3. The first-order valence-electron chi connectivity index (χ1n) is 5.07. The molecule has 4 heteroatoms. The van der Waals surface area contributed by atoms with Gasteiger partial charge in [0.05, 0.1) is 11.4 Å². The number of aryl methyl sites for hydroxylation is 2. The molecule has 1 aromatic heterocycles. The second kappa shape index (κ2) is 3.63. The third-order valence-electron chi connectivity index (χ3n) is 2.83. The van der Waals surface area contributed by atoms with Crippen molar-refractivity contribution in [1.29, 1.82) is 0 Å². The zero-order valence-electron chi connectivity index (χ0n) is 9.58. The lowest BCUT2D eigenvalue weighted by atomic mass is 10.0. The monoisotopic (exact) mass is 219 g/mol. The van der Waals surface area contributed by atoms with Gasteiger partial charge >= 0.3 is 0 Å². The van der Waals surface area contributed by atoms with Gasteiger partial charge in [0.1, 0.15) is 5.82 Å². The summed E-state index contributed by atoms with van der Waals surface area (Å²) in [6.45, 7) is 3.84. The van der Waals surface area contributed by atoms with Crippen LogP contribution in [0.25, 0.3) is 11.1 Å². The molecule has 16 heavy (non-hydrogen) atoms. The molecule has 0 aliphatic rings. The Balaban J connectivity index is 2.72. The van der Waals surface area contributed by atoms with Crippen molar-refractivity contribution in [3.8, 4) is 11.1 Å². The molecule has 0 atom stereocenters. The second-order valence-electron chi connectivity index (χ2n) is 3.87. The topological polar surface area (TPSA) is 43.8 Å². The molecule has 2 N–H and O–H groups in total. The number of anilines is 1. The maximum absolute atomic E-state index is 13.4. The number of benzene rings is 1. The molecule has 0 saturated heterocycles. The van der Waals surface area contributed by atoms with Gasteiger partial charge in [-0.1, -0.05) is 12.1 Å². The van der Waals surface area contributed by atoms with E-state index in [0.29, 0.717) is 5.56 Å². The first-order valence-corrected chi connectivity index (χ1v) is 5.07. The summed E-state index contributed by atoms with van der Waals surface area (Å²) in [6, 6.07) is 4.84. The maximum atomic E-state index is 13.4. The van der Waals surface area contributed by atoms with E-state index in [-0.39, 0.29) is 11.5 Å². The first-order chi connectivity index (χ1) is 7.52. The van der Waals surface area contributed by atoms with Gasteiger partial charge in [0.15, 0.2) is 0 Å². The number of aromatic nitrogens is 2. The molecule has 0 amide bonds. The number of nitrogens with zero attached hydrogens (tertiary/aromatic N) is 2. The third-order valence-corrected chi connectivity index (χ3v) is 2.83. The summed E-state index contributed by atoms with van der Waals surface area (Å²) in [4.78, 5) is 0. The largest absolute Gasteiger partial charge is 0.396 e. The summed E-state index contributed by atoms with van der Waals surface area (Å²) in [5.41, 5.74) is 9.40. The van der Waals surface area contributed by atoms with Gasteiger partial charge in [-0.05, 0) is 19.9 Å². The molecular formula is C12H14FN3. The van der Waals surface area contributed by atoms with E-state index in [9.17, 15) is 4.39 Å². The molecule has 0 aliphatic carbocycles. The van der Waals surface area contributed by atoms with E-state index in [1.165, 1.54) is 6.07 Å². The maximum Gasteiger partial charge on any atom is 0.146 e. The van der Waals surface area contributed by atoms with Gasteiger partial charge in [-0.3, -0.25) is 4.68 Å². The van der Waals surface area contributed by atoms with Crippen LogP contribution in [0.5, 0.6) is 0 Å². The summed E-state index contributed by atoms with van der Waals surface area (Å²) in [5.74, 6) is -0.389. The number of halogens is 1. The van der Waals surface area contributed by atoms with Gasteiger partial charge in [0.25, 0.3) is 0 Å². The Labute approximate surface area is 93.7 Å². The number of hydrogen-bond donors (Lipinski definition) is 1. The highest BCUT2D eigenvalue weighted by Gasteiger charge is 2.15. The molecule has 0 radical (unpaired) electrons. The van der Waals surface area contributed by atoms with Crippen molar-refractivity contribution in [2.75, 3.05) is 5.73 Å². The lowest BCUT2D eigenvalue weighted by molar-refractivity contribution is 0.633. The van der Waals surface area contributed by atoms with Gasteiger partial charge in [-0.2, -0.15) is 5.10 Å². The molecule has 0 unspecified atom stereocenters. The van der Waals surface area contributed by atoms with Crippen molar-refractivity contribution in [3.05, 3.63) is 35.4 Å². The van der Waals surface area contributed by atoms with Crippen molar-refractivity contribution < 1.29 is 4.39 Å². The normalized spacial score (nSPS) is 10.8. The lowest BCUT2D eigenvalue weighted by Gasteiger charge is -2.06. The molecule has 84 valence electrons. The summed E-state index contributed by atoms with van der Waals surface area (Å²) in [6.07, 6.45) is 0. The Kier molecular flexibility index (Phi) is 2.42. The SMILES string of the molecule is Cc1nn(C)c(C)c1-c1cccc(F)c1N. The van der Waals surface area contributed by atoms with Crippen LogP contribution in [0, 0.1) is 19.7 Å². The summed E-state index contributed by atoms with van der Waals surface area (Å²) in [5, 5.41) is 4.30. The first kappa shape index (κ1) is 10.7. The van der Waals surface area contributed by atoms with Gasteiger partial charge in [0.2, 0.25) is 0 Å². The van der Waals surface area contributed by atoms with Gasteiger partial charge in [0, 0.05) is 23.9 Å². The highest BCUT2D eigenvalue weighted by atomic mass is 19.1. The zero-order chi connectivity index (χ0) is 11.9. The Morgan fingerprint density at radius 3 is 2.56 bits per heavy atom. The number of hydrogen-bond acceptors (Lipinski definition) is 2. The van der Waals surface area contributed by atoms with Crippen LogP contribution in [0.1, 0.15) is 11.4 Å². The minimum Gasteiger partial charge on any atom is -0.396 e. The van der Waals surface area contributed by atoms with Crippen molar-refractivity contribution in [2.45, 2.75) is 13.8 Å². The number of nitrogens with two attached hydrogens (primary N) is 1. The number of nitrogen functional groups attached to an aromatic ring is 1. The Hall–Kier alpha value is -1.84. The van der Waals surface area contributed by atoms with Crippen molar-refractivity contribution in [3.63, 3.8) is 0 Å². The van der Waals surface area contributed by atoms with Gasteiger partial charge in [-0.25, -0.2) is 4.39 Å². The van der Waals surface area contributed by atoms with E-state index in [1.807, 2.05) is 27.0 Å². The number of para-hydroxylation sites is 1. The molecule has 0 fully saturated rings. The van der Waals surface area contributed by atoms with Gasteiger partial charge < -0.3 is 5.73 Å².